The minimum atomic E-state index is -4.33. The van der Waals surface area contributed by atoms with Crippen LogP contribution >= 0.6 is 7.82 Å². The van der Waals surface area contributed by atoms with E-state index < -0.39 is 20.0 Å². The van der Waals surface area contributed by atoms with Crippen molar-refractivity contribution in [3.8, 4) is 0 Å². The van der Waals surface area contributed by atoms with E-state index in [1.54, 1.807) is 6.08 Å². The van der Waals surface area contributed by atoms with Gasteiger partial charge in [0.05, 0.1) is 39.9 Å². The van der Waals surface area contributed by atoms with E-state index in [0.717, 1.165) is 38.5 Å². The maximum atomic E-state index is 12.9. The third kappa shape index (κ3) is 43.3. The van der Waals surface area contributed by atoms with E-state index in [1.165, 1.54) is 186 Å². The molecule has 0 fully saturated rings. The molecule has 0 aliphatic rings. The van der Waals surface area contributed by atoms with Crippen molar-refractivity contribution in [2.24, 2.45) is 0 Å². The lowest BCUT2D eigenvalue weighted by atomic mass is 10.0. The SMILES string of the molecule is CCCCCCCCCCCC/C=C/C(O)C(COP(=O)(O)OCC[N+](C)(C)C)NC(=O)CCCCCCCCCCCCCCCCCCCCCCCCCC. The van der Waals surface area contributed by atoms with Gasteiger partial charge >= 0.3 is 7.82 Å². The predicted octanol–water partition coefficient (Wildman–Crippen LogP) is 14.3. The molecule has 0 aromatic heterocycles. The number of allylic oxidation sites excluding steroid dienone is 1. The fourth-order valence-corrected chi connectivity index (χ4v) is 8.25. The van der Waals surface area contributed by atoms with Crippen LogP contribution in [0.25, 0.3) is 0 Å². The number of nitrogens with zero attached hydrogens (tertiary/aromatic N) is 1. The highest BCUT2D eigenvalue weighted by atomic mass is 31.2. The first kappa shape index (κ1) is 57.2. The summed E-state index contributed by atoms with van der Waals surface area (Å²) in [6.45, 7) is 4.83. The summed E-state index contributed by atoms with van der Waals surface area (Å²) >= 11 is 0. The van der Waals surface area contributed by atoms with Gasteiger partial charge in [-0.15, -0.1) is 0 Å². The first-order valence-corrected chi connectivity index (χ1v) is 26.6. The quantitative estimate of drug-likeness (QED) is 0.0244. The van der Waals surface area contributed by atoms with Gasteiger partial charge in [0.1, 0.15) is 13.2 Å². The predicted molar refractivity (Wildman–Crippen MR) is 249 cm³/mol. The molecular weight excluding hydrogens is 744 g/mol. The van der Waals surface area contributed by atoms with Gasteiger partial charge in [0, 0.05) is 6.42 Å². The Kier molecular flexibility index (Phi) is 41.0. The molecule has 0 saturated heterocycles. The van der Waals surface area contributed by atoms with Crippen molar-refractivity contribution >= 4 is 13.7 Å². The number of hydrogen-bond acceptors (Lipinski definition) is 5. The molecule has 8 nitrogen and oxygen atoms in total. The lowest BCUT2D eigenvalue weighted by Crippen LogP contribution is -2.45. The molecule has 3 atom stereocenters. The topological polar surface area (TPSA) is 105 Å². The zero-order valence-corrected chi connectivity index (χ0v) is 40.2. The van der Waals surface area contributed by atoms with Crippen LogP contribution in [0.15, 0.2) is 12.2 Å². The zero-order valence-electron chi connectivity index (χ0n) is 39.3. The van der Waals surface area contributed by atoms with Crippen LogP contribution in [0, 0.1) is 0 Å². The lowest BCUT2D eigenvalue weighted by molar-refractivity contribution is -0.870. The summed E-state index contributed by atoms with van der Waals surface area (Å²) in [5, 5.41) is 13.8. The van der Waals surface area contributed by atoms with E-state index in [4.69, 9.17) is 9.05 Å². The minimum Gasteiger partial charge on any atom is -0.387 e. The van der Waals surface area contributed by atoms with E-state index in [2.05, 4.69) is 19.2 Å². The van der Waals surface area contributed by atoms with Gasteiger partial charge in [0.15, 0.2) is 0 Å². The third-order valence-electron chi connectivity index (χ3n) is 11.5. The number of hydrogen-bond donors (Lipinski definition) is 3. The summed E-state index contributed by atoms with van der Waals surface area (Å²) in [7, 11) is 1.58. The number of carbonyl (C=O) groups is 1. The van der Waals surface area contributed by atoms with Gasteiger partial charge in [-0.3, -0.25) is 13.8 Å². The summed E-state index contributed by atoms with van der Waals surface area (Å²) in [6.07, 6.45) is 48.7. The second kappa shape index (κ2) is 41.6. The van der Waals surface area contributed by atoms with Crippen molar-refractivity contribution in [3.05, 3.63) is 12.2 Å². The number of rotatable bonds is 46. The molecule has 3 unspecified atom stereocenters. The molecule has 9 heteroatoms. The molecule has 0 aliphatic heterocycles. The Morgan fingerprint density at radius 1 is 0.569 bits per heavy atom. The molecule has 3 N–H and O–H groups in total. The van der Waals surface area contributed by atoms with Gasteiger partial charge in [-0.2, -0.15) is 0 Å². The van der Waals surface area contributed by atoms with Gasteiger partial charge < -0.3 is 19.8 Å². The van der Waals surface area contributed by atoms with Crippen LogP contribution in [0.4, 0.5) is 0 Å². The largest absolute Gasteiger partial charge is 0.472 e. The number of likely N-dealkylation sites (N-methyl/N-ethyl adjacent to an activating group) is 1. The van der Waals surface area contributed by atoms with Crippen molar-refractivity contribution in [2.45, 2.75) is 257 Å². The third-order valence-corrected chi connectivity index (χ3v) is 12.5. The van der Waals surface area contributed by atoms with Crippen LogP contribution in [-0.4, -0.2) is 73.4 Å². The van der Waals surface area contributed by atoms with Gasteiger partial charge in [-0.1, -0.05) is 231 Å². The van der Waals surface area contributed by atoms with Crippen molar-refractivity contribution in [1.29, 1.82) is 0 Å². The molecule has 0 radical (unpaired) electrons. The fraction of sp³-hybridized carbons (Fsp3) is 0.939. The van der Waals surface area contributed by atoms with E-state index in [9.17, 15) is 19.4 Å². The summed E-state index contributed by atoms with van der Waals surface area (Å²) in [6, 6.07) is -0.840. The summed E-state index contributed by atoms with van der Waals surface area (Å²) in [4.78, 5) is 23.2. The number of nitrogens with one attached hydrogen (secondary N) is 1. The van der Waals surface area contributed by atoms with Crippen molar-refractivity contribution in [2.75, 3.05) is 40.9 Å². The van der Waals surface area contributed by atoms with Crippen LogP contribution < -0.4 is 5.32 Å². The molecule has 0 aromatic carbocycles. The van der Waals surface area contributed by atoms with E-state index in [-0.39, 0.29) is 19.1 Å². The van der Waals surface area contributed by atoms with Gasteiger partial charge in [0.2, 0.25) is 5.91 Å². The Labute approximate surface area is 361 Å². The fourth-order valence-electron chi connectivity index (χ4n) is 7.51. The molecule has 0 aromatic rings. The Morgan fingerprint density at radius 3 is 1.28 bits per heavy atom. The monoisotopic (exact) mass is 844 g/mol. The smallest absolute Gasteiger partial charge is 0.387 e. The molecule has 0 spiro atoms. The minimum absolute atomic E-state index is 0.0647. The van der Waals surface area contributed by atoms with Crippen LogP contribution in [0.3, 0.4) is 0 Å². The molecule has 0 aliphatic carbocycles. The molecule has 0 bridgehead atoms. The normalized spacial score (nSPS) is 14.3. The number of phosphoric acid groups is 1. The van der Waals surface area contributed by atoms with Crippen LogP contribution in [0.1, 0.15) is 245 Å². The van der Waals surface area contributed by atoms with E-state index >= 15 is 0 Å². The van der Waals surface area contributed by atoms with E-state index in [0.29, 0.717) is 17.4 Å². The molecular formula is C49H100N2O6P+. The van der Waals surface area contributed by atoms with Crippen molar-refractivity contribution in [3.63, 3.8) is 0 Å². The Bertz CT molecular complexity index is 958. The number of carbonyl (C=O) groups excluding carboxylic acids is 1. The highest BCUT2D eigenvalue weighted by molar-refractivity contribution is 7.47. The molecule has 58 heavy (non-hydrogen) atoms. The standard InChI is InChI=1S/C49H99N2O6P/c1-6-8-10-12-14-16-18-20-21-22-23-24-25-26-27-28-29-30-31-33-35-37-39-41-43-49(53)50-47(46-57-58(54,55)56-45-44-51(3,4)5)48(52)42-40-38-36-34-32-19-17-15-13-11-9-7-2/h40,42,47-48,52H,6-39,41,43-46H2,1-5H3,(H-,50,53,54,55)/p+1/b42-40+. The molecule has 346 valence electrons. The number of unbranched alkanes of at least 4 members (excludes halogenated alkanes) is 33. The van der Waals surface area contributed by atoms with Crippen molar-refractivity contribution < 1.29 is 32.9 Å². The maximum Gasteiger partial charge on any atom is 0.472 e. The maximum absolute atomic E-state index is 12.9. The van der Waals surface area contributed by atoms with Gasteiger partial charge in [-0.25, -0.2) is 4.57 Å². The first-order chi connectivity index (χ1) is 28.0. The summed E-state index contributed by atoms with van der Waals surface area (Å²) < 4.78 is 23.6. The van der Waals surface area contributed by atoms with Crippen LogP contribution in [0.5, 0.6) is 0 Å². The number of phosphoric ester groups is 1. The highest BCUT2D eigenvalue weighted by Gasteiger charge is 2.27. The molecule has 0 heterocycles. The average Bonchev–Trinajstić information content (AvgIpc) is 3.17. The summed E-state index contributed by atoms with van der Waals surface area (Å²) in [5.41, 5.74) is 0. The molecule has 0 rings (SSSR count). The van der Waals surface area contributed by atoms with Crippen LogP contribution in [-0.2, 0) is 18.4 Å². The zero-order chi connectivity index (χ0) is 42.8. The Hall–Kier alpha value is -0.760. The van der Waals surface area contributed by atoms with Gasteiger partial charge in [0.25, 0.3) is 0 Å². The van der Waals surface area contributed by atoms with E-state index in [1.807, 2.05) is 27.2 Å². The Balaban J connectivity index is 4.16. The highest BCUT2D eigenvalue weighted by Crippen LogP contribution is 2.43. The second-order valence-corrected chi connectivity index (χ2v) is 20.0. The number of amides is 1. The number of quaternary nitrogens is 1. The second-order valence-electron chi connectivity index (χ2n) is 18.6. The molecule has 0 saturated carbocycles. The van der Waals surface area contributed by atoms with Crippen molar-refractivity contribution in [1.82, 2.24) is 5.32 Å². The average molecular weight is 844 g/mol. The van der Waals surface area contributed by atoms with Crippen LogP contribution in [0.2, 0.25) is 0 Å². The number of aliphatic hydroxyl groups excluding tert-OH is 1. The Morgan fingerprint density at radius 2 is 0.914 bits per heavy atom. The lowest BCUT2D eigenvalue weighted by Gasteiger charge is -2.25. The van der Waals surface area contributed by atoms with Gasteiger partial charge in [-0.05, 0) is 19.3 Å². The summed E-state index contributed by atoms with van der Waals surface area (Å²) in [5.74, 6) is -0.173. The first-order valence-electron chi connectivity index (χ1n) is 25.1. The molecule has 1 amide bonds. The number of aliphatic hydroxyl groups is 1.